The number of aliphatic hydroxyl groups excluding tert-OH is 1. The average Bonchev–Trinajstić information content (AvgIpc) is 2.38. The second kappa shape index (κ2) is 7.60. The largest absolute Gasteiger partial charge is 1.00 e. The second-order valence-electron chi connectivity index (χ2n) is 4.98. The summed E-state index contributed by atoms with van der Waals surface area (Å²) in [4.78, 5) is 13.8. The molecule has 1 N–H and O–H groups in total. The third-order valence-electron chi connectivity index (χ3n) is 3.46. The van der Waals surface area contributed by atoms with E-state index in [1.54, 1.807) is 0 Å². The fraction of sp³-hybridized carbons (Fsp3) is 0.571. The number of likely N-dealkylation sites (tertiary alicyclic amines) is 1. The number of carbonyl (C=O) groups excluding carboxylic acids is 1. The van der Waals surface area contributed by atoms with E-state index in [1.165, 1.54) is 5.56 Å². The Labute approximate surface area is 124 Å². The average molecular weight is 329 g/mol. The topological polar surface area (TPSA) is 44.4 Å². The van der Waals surface area contributed by atoms with Crippen LogP contribution in [0.25, 0.3) is 0 Å². The Bertz CT molecular complexity index is 400. The van der Waals surface area contributed by atoms with E-state index in [1.807, 2.05) is 34.0 Å². The zero-order valence-corrected chi connectivity index (χ0v) is 12.8. The number of halogens is 1. The molecule has 0 unspecified atom stereocenters. The van der Waals surface area contributed by atoms with Gasteiger partial charge in [-0.15, -0.1) is 0 Å². The minimum absolute atomic E-state index is 0. The van der Waals surface area contributed by atoms with Crippen molar-refractivity contribution in [1.82, 2.24) is 4.90 Å². The van der Waals surface area contributed by atoms with Crippen LogP contribution in [0.5, 0.6) is 0 Å². The van der Waals surface area contributed by atoms with Crippen LogP contribution in [0.2, 0.25) is 0 Å². The highest BCUT2D eigenvalue weighted by molar-refractivity contribution is 5.76. The molecule has 0 saturated carbocycles. The zero-order chi connectivity index (χ0) is 13.0. The Balaban J connectivity index is 0.00000180. The van der Waals surface area contributed by atoms with E-state index in [2.05, 4.69) is 6.92 Å². The minimum Gasteiger partial charge on any atom is -1.00 e. The number of nitrogens with zero attached hydrogens (tertiary/aromatic N) is 2. The summed E-state index contributed by atoms with van der Waals surface area (Å²) in [7, 11) is 0. The molecule has 2 rings (SSSR count). The molecule has 1 aromatic rings. The molecule has 106 valence electrons. The number of aryl methyl sites for hydroxylation is 2. The van der Waals surface area contributed by atoms with Gasteiger partial charge in [-0.3, -0.25) is 4.79 Å². The van der Waals surface area contributed by atoms with Gasteiger partial charge in [0.25, 0.3) is 0 Å². The van der Waals surface area contributed by atoms with Gasteiger partial charge < -0.3 is 27.0 Å². The van der Waals surface area contributed by atoms with Crippen molar-refractivity contribution in [3.05, 3.63) is 30.1 Å². The monoisotopic (exact) mass is 328 g/mol. The highest BCUT2D eigenvalue weighted by atomic mass is 79.9. The van der Waals surface area contributed by atoms with Crippen LogP contribution in [0.1, 0.15) is 24.8 Å². The molecule has 1 aliphatic rings. The van der Waals surface area contributed by atoms with Crippen LogP contribution in [-0.4, -0.2) is 35.1 Å². The van der Waals surface area contributed by atoms with Gasteiger partial charge in [-0.2, -0.15) is 0 Å². The van der Waals surface area contributed by atoms with Crippen LogP contribution in [0.15, 0.2) is 24.5 Å². The molecule has 0 spiro atoms. The van der Waals surface area contributed by atoms with E-state index >= 15 is 0 Å². The van der Waals surface area contributed by atoms with Gasteiger partial charge >= 0.3 is 0 Å². The Hall–Kier alpha value is -0.940. The molecule has 1 saturated heterocycles. The van der Waals surface area contributed by atoms with Crippen LogP contribution in [-0.2, 0) is 11.3 Å². The summed E-state index contributed by atoms with van der Waals surface area (Å²) in [6, 6.07) is 4.09. The Morgan fingerprint density at radius 2 is 1.95 bits per heavy atom. The molecule has 5 heteroatoms. The van der Waals surface area contributed by atoms with Gasteiger partial charge in [-0.05, 0) is 25.3 Å². The molecule has 2 heterocycles. The first-order valence-corrected chi connectivity index (χ1v) is 6.57. The second-order valence-corrected chi connectivity index (χ2v) is 4.98. The Kier molecular flexibility index (Phi) is 6.45. The summed E-state index contributed by atoms with van der Waals surface area (Å²) >= 11 is 0. The third-order valence-corrected chi connectivity index (χ3v) is 3.46. The van der Waals surface area contributed by atoms with Crippen molar-refractivity contribution in [2.24, 2.45) is 0 Å². The first-order chi connectivity index (χ1) is 8.65. The van der Waals surface area contributed by atoms with Crippen LogP contribution in [0, 0.1) is 6.92 Å². The lowest BCUT2D eigenvalue weighted by atomic mass is 10.1. The number of rotatable bonds is 3. The molecule has 1 aromatic heterocycles. The zero-order valence-electron chi connectivity index (χ0n) is 11.3. The SMILES string of the molecule is Cc1cc[n+](CCC(=O)N2CCC(O)CC2)cc1.[Br-]. The summed E-state index contributed by atoms with van der Waals surface area (Å²) < 4.78 is 2.03. The van der Waals surface area contributed by atoms with E-state index in [9.17, 15) is 9.90 Å². The van der Waals surface area contributed by atoms with Gasteiger partial charge in [0.2, 0.25) is 5.91 Å². The quantitative estimate of drug-likeness (QED) is 0.632. The molecule has 1 fully saturated rings. The van der Waals surface area contributed by atoms with E-state index in [0.29, 0.717) is 32.4 Å². The molecule has 0 aromatic carbocycles. The van der Waals surface area contributed by atoms with Gasteiger partial charge in [-0.1, -0.05) is 0 Å². The van der Waals surface area contributed by atoms with E-state index < -0.39 is 0 Å². The summed E-state index contributed by atoms with van der Waals surface area (Å²) in [5.41, 5.74) is 1.22. The number of carbonyl (C=O) groups is 1. The van der Waals surface area contributed by atoms with Crippen molar-refractivity contribution < 1.29 is 31.4 Å². The van der Waals surface area contributed by atoms with Crippen molar-refractivity contribution in [2.75, 3.05) is 13.1 Å². The lowest BCUT2D eigenvalue weighted by Gasteiger charge is -2.29. The smallest absolute Gasteiger partial charge is 0.228 e. The maximum absolute atomic E-state index is 12.0. The van der Waals surface area contributed by atoms with Crippen molar-refractivity contribution in [3.63, 3.8) is 0 Å². The van der Waals surface area contributed by atoms with Gasteiger partial charge in [-0.25, -0.2) is 4.57 Å². The first kappa shape index (κ1) is 16.1. The molecule has 1 aliphatic heterocycles. The van der Waals surface area contributed by atoms with Crippen LogP contribution >= 0.6 is 0 Å². The number of aliphatic hydroxyl groups is 1. The lowest BCUT2D eigenvalue weighted by Crippen LogP contribution is -3.00. The number of hydrogen-bond acceptors (Lipinski definition) is 2. The molecular weight excluding hydrogens is 308 g/mol. The van der Waals surface area contributed by atoms with Crippen molar-refractivity contribution in [1.29, 1.82) is 0 Å². The normalized spacial score (nSPS) is 16.0. The Morgan fingerprint density at radius 3 is 2.53 bits per heavy atom. The molecule has 19 heavy (non-hydrogen) atoms. The number of piperidine rings is 1. The van der Waals surface area contributed by atoms with Crippen molar-refractivity contribution in [3.8, 4) is 0 Å². The van der Waals surface area contributed by atoms with E-state index in [4.69, 9.17) is 0 Å². The number of hydrogen-bond donors (Lipinski definition) is 1. The summed E-state index contributed by atoms with van der Waals surface area (Å²) in [5, 5.41) is 9.40. The first-order valence-electron chi connectivity index (χ1n) is 6.57. The predicted molar refractivity (Wildman–Crippen MR) is 67.8 cm³/mol. The van der Waals surface area contributed by atoms with Crippen molar-refractivity contribution in [2.45, 2.75) is 38.8 Å². The highest BCUT2D eigenvalue weighted by Gasteiger charge is 2.21. The molecule has 0 bridgehead atoms. The number of pyridine rings is 1. The van der Waals surface area contributed by atoms with E-state index in [-0.39, 0.29) is 29.0 Å². The summed E-state index contributed by atoms with van der Waals surface area (Å²) in [5.74, 6) is 0.190. The molecule has 0 aliphatic carbocycles. The maximum Gasteiger partial charge on any atom is 0.228 e. The fourth-order valence-corrected chi connectivity index (χ4v) is 2.18. The maximum atomic E-state index is 12.0. The summed E-state index contributed by atoms with van der Waals surface area (Å²) in [6.45, 7) is 4.16. The highest BCUT2D eigenvalue weighted by Crippen LogP contribution is 2.10. The van der Waals surface area contributed by atoms with Crippen LogP contribution in [0.4, 0.5) is 0 Å². The number of aromatic nitrogens is 1. The summed E-state index contributed by atoms with van der Waals surface area (Å²) in [6.07, 6.45) is 5.74. The minimum atomic E-state index is -0.222. The van der Waals surface area contributed by atoms with Crippen LogP contribution < -0.4 is 21.5 Å². The molecule has 4 nitrogen and oxygen atoms in total. The lowest BCUT2D eigenvalue weighted by molar-refractivity contribution is -0.696. The number of amides is 1. The Morgan fingerprint density at radius 1 is 1.37 bits per heavy atom. The van der Waals surface area contributed by atoms with Crippen LogP contribution in [0.3, 0.4) is 0 Å². The molecule has 0 radical (unpaired) electrons. The van der Waals surface area contributed by atoms with Gasteiger partial charge in [0.05, 0.1) is 12.5 Å². The van der Waals surface area contributed by atoms with Gasteiger partial charge in [0, 0.05) is 25.2 Å². The van der Waals surface area contributed by atoms with Gasteiger partial charge in [0.15, 0.2) is 18.9 Å². The predicted octanol–water partition coefficient (Wildman–Crippen LogP) is -2.34. The molecule has 1 amide bonds. The van der Waals surface area contributed by atoms with Crippen molar-refractivity contribution >= 4 is 5.91 Å². The van der Waals surface area contributed by atoms with E-state index in [0.717, 1.165) is 6.54 Å². The third kappa shape index (κ3) is 4.91. The molecular formula is C14H21BrN2O2. The standard InChI is InChI=1S/C14H21N2O2.BrH/c1-12-2-7-15(8-3-12)9-6-14(18)16-10-4-13(17)5-11-16;/h2-3,7-8,13,17H,4-6,9-11H2,1H3;1H/q+1;/p-1. The molecule has 0 atom stereocenters. The fourth-order valence-electron chi connectivity index (χ4n) is 2.18. The van der Waals surface area contributed by atoms with Gasteiger partial charge in [0.1, 0.15) is 0 Å².